The Bertz CT molecular complexity index is 1970. The van der Waals surface area contributed by atoms with Crippen LogP contribution in [0.15, 0.2) is 23.8 Å². The normalized spacial score (nSPS) is 34.4. The van der Waals surface area contributed by atoms with E-state index in [1.807, 2.05) is 0 Å². The highest BCUT2D eigenvalue weighted by atomic mass is 32.5. The van der Waals surface area contributed by atoms with Crippen molar-refractivity contribution in [2.45, 2.75) is 56.4 Å². The quantitative estimate of drug-likeness (QED) is 0.191. The van der Waals surface area contributed by atoms with E-state index in [-0.39, 0.29) is 41.2 Å². The van der Waals surface area contributed by atoms with Crippen LogP contribution in [-0.4, -0.2) is 96.1 Å². The summed E-state index contributed by atoms with van der Waals surface area (Å²) in [5, 5.41) is 0. The van der Waals surface area contributed by atoms with Gasteiger partial charge in [0.15, 0.2) is 41.3 Å². The number of aromatic amines is 1. The predicted molar refractivity (Wildman–Crippen MR) is 149 cm³/mol. The molecule has 4 aromatic rings. The van der Waals surface area contributed by atoms with Crippen molar-refractivity contribution in [2.75, 3.05) is 18.9 Å². The Hall–Kier alpha value is -3.05. The first kappa shape index (κ1) is 29.6. The summed E-state index contributed by atoms with van der Waals surface area (Å²) in [5.74, 6) is 0.353. The van der Waals surface area contributed by atoms with E-state index in [0.717, 1.165) is 0 Å². The number of nitrogen functional groups attached to an aromatic ring is 1. The first-order valence-corrected chi connectivity index (χ1v) is 17.0. The second kappa shape index (κ2) is 10.8. The van der Waals surface area contributed by atoms with Crippen LogP contribution < -0.4 is 16.0 Å². The zero-order chi connectivity index (χ0) is 31.0. The van der Waals surface area contributed by atoms with Crippen molar-refractivity contribution in [3.05, 3.63) is 35.2 Å². The average Bonchev–Trinajstić information content (AvgIpc) is 3.72. The number of anilines is 1. The van der Waals surface area contributed by atoms with Crippen LogP contribution in [0.4, 0.5) is 10.2 Å². The number of nitrogens with one attached hydrogen (secondary N) is 2. The summed E-state index contributed by atoms with van der Waals surface area (Å²) in [7, 11) is -4.53. The van der Waals surface area contributed by atoms with Gasteiger partial charge < -0.3 is 29.6 Å². The van der Waals surface area contributed by atoms with Gasteiger partial charge in [-0.15, -0.1) is 0 Å². The van der Waals surface area contributed by atoms with Gasteiger partial charge in [-0.05, 0) is 18.7 Å². The molecule has 0 saturated carbocycles. The van der Waals surface area contributed by atoms with Crippen molar-refractivity contribution in [3.63, 3.8) is 0 Å². The molecule has 3 saturated heterocycles. The predicted octanol–water partition coefficient (Wildman–Crippen LogP) is -0.775. The molecular formula is C21H24FN10O9PS2. The van der Waals surface area contributed by atoms with E-state index in [9.17, 15) is 18.1 Å². The van der Waals surface area contributed by atoms with Gasteiger partial charge in [-0.3, -0.25) is 18.5 Å². The van der Waals surface area contributed by atoms with Gasteiger partial charge in [0.05, 0.1) is 25.4 Å². The van der Waals surface area contributed by atoms with Gasteiger partial charge in [-0.1, -0.05) is 0 Å². The fourth-order valence-corrected chi connectivity index (χ4v) is 7.78. The minimum absolute atomic E-state index is 0.00636. The van der Waals surface area contributed by atoms with Gasteiger partial charge in [0.25, 0.3) is 5.56 Å². The number of hydrogen-bond donors (Lipinski definition) is 4. The van der Waals surface area contributed by atoms with Crippen LogP contribution in [0.1, 0.15) is 24.7 Å². The summed E-state index contributed by atoms with van der Waals surface area (Å²) in [5.41, 5.74) is 5.84. The van der Waals surface area contributed by atoms with Crippen molar-refractivity contribution < 1.29 is 40.4 Å². The maximum atomic E-state index is 16.0. The van der Waals surface area contributed by atoms with Crippen LogP contribution >= 0.6 is 6.72 Å². The number of imidazole rings is 2. The Balaban J connectivity index is 1.19. The van der Waals surface area contributed by atoms with E-state index >= 15 is 4.39 Å². The monoisotopic (exact) mass is 674 g/mol. The minimum Gasteiger partial charge on any atom is -0.382 e. The molecule has 3 aliphatic rings. The third kappa shape index (κ3) is 5.29. The van der Waals surface area contributed by atoms with E-state index in [1.54, 1.807) is 6.92 Å². The van der Waals surface area contributed by atoms with Crippen LogP contribution in [0, 0.1) is 6.92 Å². The number of H-pyrrole nitrogens is 1. The number of alkyl halides is 1. The summed E-state index contributed by atoms with van der Waals surface area (Å²) in [4.78, 5) is 46.3. The van der Waals surface area contributed by atoms with Crippen LogP contribution in [-0.2, 0) is 44.8 Å². The second-order valence-electron chi connectivity index (χ2n) is 10.2. The minimum atomic E-state index is -4.53. The Morgan fingerprint density at radius 1 is 1.11 bits per heavy atom. The third-order valence-electron chi connectivity index (χ3n) is 7.29. The number of hydrogen-bond acceptors (Lipinski definition) is 15. The van der Waals surface area contributed by atoms with Crippen molar-refractivity contribution >= 4 is 57.0 Å². The summed E-state index contributed by atoms with van der Waals surface area (Å²) < 4.78 is 75.6. The standard InChI is InChI=1S/C21H24FN10O9PS2/c1-8-29-18-14(19(33)30-8)27-7-32(18)20-10-2-9(38-20)4-37-42(34,43)40-15-11(3-28-44(35,36)41-10)39-21(12(15)22)31-6-26-13-16(23)24-5-25-17(13)31/h5-7,9-12,15,20-21,28H,2-4H2,1H3,(H,34,43)(H2,23,24,25)(H,29,30,33). The number of rotatable bonds is 2. The third-order valence-corrected chi connectivity index (χ3v) is 9.87. The molecule has 3 fully saturated rings. The maximum Gasteiger partial charge on any atom is 0.336 e. The fraction of sp³-hybridized carbons (Fsp3) is 0.524. The lowest BCUT2D eigenvalue weighted by molar-refractivity contribution is -0.0454. The van der Waals surface area contributed by atoms with Crippen LogP contribution in [0.5, 0.6) is 0 Å². The highest BCUT2D eigenvalue weighted by molar-refractivity contribution is 8.07. The molecule has 44 heavy (non-hydrogen) atoms. The Labute approximate surface area is 251 Å². The van der Waals surface area contributed by atoms with E-state index in [4.69, 9.17) is 40.2 Å². The molecule has 7 rings (SSSR count). The molecule has 236 valence electrons. The summed E-state index contributed by atoms with van der Waals surface area (Å²) in [6.45, 7) is -3.49. The van der Waals surface area contributed by atoms with E-state index in [2.05, 4.69) is 34.6 Å². The number of nitrogens with two attached hydrogens (primary N) is 1. The number of aromatic nitrogens is 8. The lowest BCUT2D eigenvalue weighted by atomic mass is 10.1. The van der Waals surface area contributed by atoms with Crippen molar-refractivity contribution in [2.24, 2.45) is 0 Å². The van der Waals surface area contributed by atoms with E-state index in [1.165, 1.54) is 28.1 Å². The number of nitrogens with zero attached hydrogens (tertiary/aromatic N) is 7. The SMILES string of the molecule is Cc1nc2c(ncn2C2OC3COP(O)(=S)OC4C(CNS(=O)(=O)OC2C3)OC(n2cnc3c(N)ncnc32)C4F)c(=O)[nH]1. The number of aryl methyl sites for hydroxylation is 1. The molecular weight excluding hydrogens is 650 g/mol. The molecule has 0 spiro atoms. The molecule has 4 aromatic heterocycles. The van der Waals surface area contributed by atoms with Crippen LogP contribution in [0.3, 0.4) is 0 Å². The zero-order valence-corrected chi connectivity index (χ0v) is 25.0. The topological polar surface area (TPSA) is 246 Å². The highest BCUT2D eigenvalue weighted by Crippen LogP contribution is 2.50. The van der Waals surface area contributed by atoms with Crippen molar-refractivity contribution in [1.82, 2.24) is 43.8 Å². The Kier molecular flexibility index (Phi) is 7.27. The molecule has 3 aliphatic heterocycles. The number of fused-ring (bicyclic) bond motifs is 5. The zero-order valence-electron chi connectivity index (χ0n) is 22.5. The smallest absolute Gasteiger partial charge is 0.336 e. The van der Waals surface area contributed by atoms with Crippen molar-refractivity contribution in [3.8, 4) is 0 Å². The summed E-state index contributed by atoms with van der Waals surface area (Å²) >= 11 is 5.18. The summed E-state index contributed by atoms with van der Waals surface area (Å²) in [6.07, 6.45) is -5.83. The lowest BCUT2D eigenvalue weighted by Crippen LogP contribution is -2.42. The van der Waals surface area contributed by atoms with Gasteiger partial charge >= 0.3 is 17.0 Å². The van der Waals surface area contributed by atoms with Crippen LogP contribution in [0.25, 0.3) is 22.3 Å². The molecule has 23 heteroatoms. The highest BCUT2D eigenvalue weighted by Gasteiger charge is 2.51. The van der Waals surface area contributed by atoms with E-state index < -0.39 is 72.2 Å². The van der Waals surface area contributed by atoms with Gasteiger partial charge in [0.1, 0.15) is 36.0 Å². The van der Waals surface area contributed by atoms with Gasteiger partial charge in [0, 0.05) is 13.0 Å². The molecule has 0 radical (unpaired) electrons. The van der Waals surface area contributed by atoms with Crippen molar-refractivity contribution in [1.29, 1.82) is 0 Å². The van der Waals surface area contributed by atoms with E-state index in [0.29, 0.717) is 5.82 Å². The second-order valence-corrected chi connectivity index (χ2v) is 14.4. The number of halogens is 1. The average molecular weight is 675 g/mol. The molecule has 0 aliphatic carbocycles. The number of ether oxygens (including phenoxy) is 2. The first-order chi connectivity index (χ1) is 20.9. The largest absolute Gasteiger partial charge is 0.382 e. The summed E-state index contributed by atoms with van der Waals surface area (Å²) in [6, 6.07) is 0. The maximum absolute atomic E-state index is 16.0. The molecule has 8 unspecified atom stereocenters. The van der Waals surface area contributed by atoms with Crippen LogP contribution in [0.2, 0.25) is 0 Å². The molecule has 7 heterocycles. The molecule has 19 nitrogen and oxygen atoms in total. The van der Waals surface area contributed by atoms with Gasteiger partial charge in [-0.2, -0.15) is 13.1 Å². The molecule has 8 atom stereocenters. The Morgan fingerprint density at radius 2 is 1.86 bits per heavy atom. The lowest BCUT2D eigenvalue weighted by Gasteiger charge is -2.26. The molecule has 2 bridgehead atoms. The molecule has 0 aromatic carbocycles. The van der Waals surface area contributed by atoms with Gasteiger partial charge in [-0.25, -0.2) is 33.5 Å². The fourth-order valence-electron chi connectivity index (χ4n) is 5.38. The Morgan fingerprint density at radius 3 is 2.66 bits per heavy atom. The first-order valence-electron chi connectivity index (χ1n) is 13.0. The van der Waals surface area contributed by atoms with Gasteiger partial charge in [0.2, 0.25) is 0 Å². The molecule has 5 N–H and O–H groups in total. The molecule has 0 amide bonds.